The molecule has 2 aromatic carbocycles. The molecule has 2 heteroatoms. The molecule has 2 unspecified atom stereocenters. The molecule has 1 fully saturated rings. The first-order valence-electron chi connectivity index (χ1n) is 8.84. The van der Waals surface area contributed by atoms with Crippen molar-refractivity contribution < 1.29 is 0 Å². The van der Waals surface area contributed by atoms with Crippen LogP contribution in [0.1, 0.15) is 37.1 Å². The van der Waals surface area contributed by atoms with Crippen molar-refractivity contribution in [3.8, 4) is 0 Å². The van der Waals surface area contributed by atoms with Crippen LogP contribution in [0.3, 0.4) is 0 Å². The van der Waals surface area contributed by atoms with Gasteiger partial charge in [0, 0.05) is 6.42 Å². The molecule has 0 bridgehead atoms. The number of imidazole rings is 1. The Kier molecular flexibility index (Phi) is 4.14. The minimum absolute atomic E-state index is 0.776. The van der Waals surface area contributed by atoms with Gasteiger partial charge in [-0.15, -0.1) is 0 Å². The Hall–Kier alpha value is -2.09. The van der Waals surface area contributed by atoms with Crippen LogP contribution in [0.15, 0.2) is 54.6 Å². The summed E-state index contributed by atoms with van der Waals surface area (Å²) in [5.74, 6) is 2.77. The number of nitrogens with one attached hydrogen (secondary N) is 1. The van der Waals surface area contributed by atoms with Gasteiger partial charge in [0.25, 0.3) is 0 Å². The van der Waals surface area contributed by atoms with E-state index in [1.165, 1.54) is 43.2 Å². The lowest BCUT2D eigenvalue weighted by molar-refractivity contribution is 0.261. The van der Waals surface area contributed by atoms with Crippen LogP contribution in [0.2, 0.25) is 0 Å². The van der Waals surface area contributed by atoms with E-state index in [9.17, 15) is 0 Å². The SMILES string of the molecule is c1ccc(CC2CCCC(Cc3nc4ccccc4[nH]3)C2)cc1. The number of hydrogen-bond acceptors (Lipinski definition) is 1. The third kappa shape index (κ3) is 3.47. The quantitative estimate of drug-likeness (QED) is 0.709. The zero-order valence-corrected chi connectivity index (χ0v) is 13.5. The first kappa shape index (κ1) is 14.5. The Balaban J connectivity index is 1.41. The first-order valence-corrected chi connectivity index (χ1v) is 8.84. The zero-order valence-electron chi connectivity index (χ0n) is 13.5. The Bertz CT molecular complexity index is 727. The number of aromatic nitrogens is 2. The lowest BCUT2D eigenvalue weighted by atomic mass is 9.77. The minimum atomic E-state index is 0.776. The number of H-pyrrole nitrogens is 1. The monoisotopic (exact) mass is 304 g/mol. The van der Waals surface area contributed by atoms with Crippen molar-refractivity contribution in [3.05, 3.63) is 66.0 Å². The fourth-order valence-electron chi connectivity index (χ4n) is 4.10. The number of fused-ring (bicyclic) bond motifs is 1. The van der Waals surface area contributed by atoms with Gasteiger partial charge in [0.05, 0.1) is 11.0 Å². The second-order valence-corrected chi connectivity index (χ2v) is 6.99. The highest BCUT2D eigenvalue weighted by atomic mass is 14.9. The zero-order chi connectivity index (χ0) is 15.5. The van der Waals surface area contributed by atoms with Crippen molar-refractivity contribution >= 4 is 11.0 Å². The van der Waals surface area contributed by atoms with Crippen LogP contribution in [-0.4, -0.2) is 9.97 Å². The molecule has 1 aliphatic rings. The van der Waals surface area contributed by atoms with E-state index in [1.54, 1.807) is 0 Å². The minimum Gasteiger partial charge on any atom is -0.342 e. The third-order valence-electron chi connectivity index (χ3n) is 5.18. The normalized spacial score (nSPS) is 21.6. The van der Waals surface area contributed by atoms with Crippen LogP contribution in [0, 0.1) is 11.8 Å². The van der Waals surface area contributed by atoms with E-state index in [0.717, 1.165) is 29.6 Å². The highest BCUT2D eigenvalue weighted by Gasteiger charge is 2.23. The molecule has 23 heavy (non-hydrogen) atoms. The number of hydrogen-bond donors (Lipinski definition) is 1. The fourth-order valence-corrected chi connectivity index (χ4v) is 4.10. The summed E-state index contributed by atoms with van der Waals surface area (Å²) in [7, 11) is 0. The Labute approximate surface area is 138 Å². The van der Waals surface area contributed by atoms with Gasteiger partial charge in [-0.05, 0) is 48.8 Å². The molecule has 118 valence electrons. The van der Waals surface area contributed by atoms with Crippen molar-refractivity contribution in [3.63, 3.8) is 0 Å². The summed E-state index contributed by atoms with van der Waals surface area (Å²) in [6.45, 7) is 0. The molecule has 4 rings (SSSR count). The average Bonchev–Trinajstić information content (AvgIpc) is 2.98. The lowest BCUT2D eigenvalue weighted by Crippen LogP contribution is -2.19. The Morgan fingerprint density at radius 3 is 2.43 bits per heavy atom. The van der Waals surface area contributed by atoms with E-state index in [2.05, 4.69) is 59.6 Å². The molecule has 0 saturated heterocycles. The average molecular weight is 304 g/mol. The maximum atomic E-state index is 4.76. The molecule has 2 nitrogen and oxygen atoms in total. The van der Waals surface area contributed by atoms with Gasteiger partial charge in [0.1, 0.15) is 5.82 Å². The summed E-state index contributed by atoms with van der Waals surface area (Å²) in [4.78, 5) is 8.26. The van der Waals surface area contributed by atoms with E-state index in [1.807, 2.05) is 0 Å². The summed E-state index contributed by atoms with van der Waals surface area (Å²) in [5.41, 5.74) is 3.75. The van der Waals surface area contributed by atoms with Crippen LogP contribution in [0.4, 0.5) is 0 Å². The topological polar surface area (TPSA) is 28.7 Å². The molecule has 3 aromatic rings. The molecule has 0 amide bonds. The molecular weight excluding hydrogens is 280 g/mol. The van der Waals surface area contributed by atoms with Crippen LogP contribution >= 0.6 is 0 Å². The van der Waals surface area contributed by atoms with Gasteiger partial charge in [-0.3, -0.25) is 0 Å². The fraction of sp³-hybridized carbons (Fsp3) is 0.381. The summed E-state index contributed by atoms with van der Waals surface area (Å²) in [5, 5.41) is 0. The Morgan fingerprint density at radius 1 is 0.870 bits per heavy atom. The van der Waals surface area contributed by atoms with Gasteiger partial charge in [0.2, 0.25) is 0 Å². The molecule has 2 atom stereocenters. The van der Waals surface area contributed by atoms with Gasteiger partial charge in [-0.1, -0.05) is 55.3 Å². The molecule has 1 N–H and O–H groups in total. The van der Waals surface area contributed by atoms with E-state index in [4.69, 9.17) is 4.98 Å². The van der Waals surface area contributed by atoms with Crippen LogP contribution in [0.5, 0.6) is 0 Å². The summed E-state index contributed by atoms with van der Waals surface area (Å²) in [6.07, 6.45) is 7.76. The standard InChI is InChI=1S/C21H24N2/c1-2-7-16(8-3-1)13-17-9-6-10-18(14-17)15-21-22-19-11-4-5-12-20(19)23-21/h1-5,7-8,11-12,17-18H,6,9-10,13-15H2,(H,22,23). The van der Waals surface area contributed by atoms with Crippen molar-refractivity contribution in [2.45, 2.75) is 38.5 Å². The Morgan fingerprint density at radius 2 is 1.61 bits per heavy atom. The summed E-state index contributed by atoms with van der Waals surface area (Å²) < 4.78 is 0. The van der Waals surface area contributed by atoms with Gasteiger partial charge in [-0.2, -0.15) is 0 Å². The van der Waals surface area contributed by atoms with Crippen molar-refractivity contribution in [2.75, 3.05) is 0 Å². The van der Waals surface area contributed by atoms with Crippen LogP contribution < -0.4 is 0 Å². The first-order chi connectivity index (χ1) is 11.4. The van der Waals surface area contributed by atoms with E-state index < -0.39 is 0 Å². The van der Waals surface area contributed by atoms with Gasteiger partial charge in [0.15, 0.2) is 0 Å². The van der Waals surface area contributed by atoms with Gasteiger partial charge < -0.3 is 4.98 Å². The second-order valence-electron chi connectivity index (χ2n) is 6.99. The van der Waals surface area contributed by atoms with Crippen molar-refractivity contribution in [1.29, 1.82) is 0 Å². The largest absolute Gasteiger partial charge is 0.342 e. The van der Waals surface area contributed by atoms with E-state index in [0.29, 0.717) is 0 Å². The lowest BCUT2D eigenvalue weighted by Gasteiger charge is -2.28. The molecule has 1 aliphatic carbocycles. The molecule has 0 aliphatic heterocycles. The molecule has 0 spiro atoms. The summed E-state index contributed by atoms with van der Waals surface area (Å²) in [6, 6.07) is 19.3. The number of benzene rings is 2. The van der Waals surface area contributed by atoms with Crippen molar-refractivity contribution in [2.24, 2.45) is 11.8 Å². The highest BCUT2D eigenvalue weighted by Crippen LogP contribution is 2.33. The third-order valence-corrected chi connectivity index (χ3v) is 5.18. The maximum absolute atomic E-state index is 4.76. The van der Waals surface area contributed by atoms with Crippen LogP contribution in [0.25, 0.3) is 11.0 Å². The predicted molar refractivity (Wildman–Crippen MR) is 95.4 cm³/mol. The molecule has 0 radical (unpaired) electrons. The number of aromatic amines is 1. The van der Waals surface area contributed by atoms with Crippen molar-refractivity contribution in [1.82, 2.24) is 9.97 Å². The van der Waals surface area contributed by atoms with E-state index in [-0.39, 0.29) is 0 Å². The molecule has 1 aromatic heterocycles. The highest BCUT2D eigenvalue weighted by molar-refractivity contribution is 5.74. The van der Waals surface area contributed by atoms with E-state index >= 15 is 0 Å². The van der Waals surface area contributed by atoms with Gasteiger partial charge >= 0.3 is 0 Å². The number of nitrogens with zero attached hydrogens (tertiary/aromatic N) is 1. The summed E-state index contributed by atoms with van der Waals surface area (Å²) >= 11 is 0. The second kappa shape index (κ2) is 6.57. The van der Waals surface area contributed by atoms with Crippen LogP contribution in [-0.2, 0) is 12.8 Å². The maximum Gasteiger partial charge on any atom is 0.107 e. The smallest absolute Gasteiger partial charge is 0.107 e. The molecule has 1 saturated carbocycles. The predicted octanol–water partition coefficient (Wildman–Crippen LogP) is 5.15. The molecular formula is C21H24N2. The number of rotatable bonds is 4. The number of para-hydroxylation sites is 2. The molecule has 1 heterocycles. The van der Waals surface area contributed by atoms with Gasteiger partial charge in [-0.25, -0.2) is 4.98 Å².